The van der Waals surface area contributed by atoms with Crippen molar-refractivity contribution in [1.29, 1.82) is 0 Å². The van der Waals surface area contributed by atoms with Gasteiger partial charge >= 0.3 is 5.97 Å². The predicted octanol–water partition coefficient (Wildman–Crippen LogP) is 2.72. The van der Waals surface area contributed by atoms with E-state index < -0.39 is 17.5 Å². The highest BCUT2D eigenvalue weighted by Gasteiger charge is 2.37. The number of carboxylic acid groups (broad SMARTS) is 1. The summed E-state index contributed by atoms with van der Waals surface area (Å²) in [6.07, 6.45) is -0.897. The van der Waals surface area contributed by atoms with Crippen molar-refractivity contribution in [1.82, 2.24) is 0 Å². The van der Waals surface area contributed by atoms with Crippen LogP contribution in [-0.4, -0.2) is 24.3 Å². The lowest BCUT2D eigenvalue weighted by Gasteiger charge is -2.30. The molecule has 4 heteroatoms. The fourth-order valence-electron chi connectivity index (χ4n) is 1.74. The van der Waals surface area contributed by atoms with Gasteiger partial charge in [-0.2, -0.15) is 0 Å². The summed E-state index contributed by atoms with van der Waals surface area (Å²) in [5.41, 5.74) is 0.208. The molecular weight excluding hydrogens is 228 g/mol. The standard InChI is InChI=1S/C12H15ClO3/c1-12(2,10(16-3)11(14)15)8-5-4-6-9(13)7-8/h4-7,10H,1-3H3,(H,14,15). The van der Waals surface area contributed by atoms with Gasteiger partial charge < -0.3 is 9.84 Å². The van der Waals surface area contributed by atoms with Crippen molar-refractivity contribution in [2.45, 2.75) is 25.4 Å². The Kier molecular flexibility index (Phi) is 3.94. The van der Waals surface area contributed by atoms with Crippen LogP contribution in [0.25, 0.3) is 0 Å². The summed E-state index contributed by atoms with van der Waals surface area (Å²) in [4.78, 5) is 11.1. The van der Waals surface area contributed by atoms with Crippen LogP contribution in [0.3, 0.4) is 0 Å². The number of carbonyl (C=O) groups is 1. The van der Waals surface area contributed by atoms with Crippen LogP contribution in [0.5, 0.6) is 0 Å². The summed E-state index contributed by atoms with van der Waals surface area (Å²) in [5.74, 6) is -0.979. The van der Waals surface area contributed by atoms with Gasteiger partial charge in [-0.15, -0.1) is 0 Å². The number of hydrogen-bond acceptors (Lipinski definition) is 2. The molecule has 0 saturated heterocycles. The molecular formula is C12H15ClO3. The summed E-state index contributed by atoms with van der Waals surface area (Å²) in [7, 11) is 1.39. The van der Waals surface area contributed by atoms with Crippen molar-refractivity contribution in [2.24, 2.45) is 0 Å². The third-order valence-corrected chi connectivity index (χ3v) is 2.92. The van der Waals surface area contributed by atoms with E-state index in [1.807, 2.05) is 19.9 Å². The number of rotatable bonds is 4. The maximum Gasteiger partial charge on any atom is 0.333 e. The van der Waals surface area contributed by atoms with Crippen LogP contribution in [0, 0.1) is 0 Å². The molecule has 1 aromatic rings. The van der Waals surface area contributed by atoms with Crippen LogP contribution in [0.2, 0.25) is 5.02 Å². The SMILES string of the molecule is COC(C(=O)O)C(C)(C)c1cccc(Cl)c1. The largest absolute Gasteiger partial charge is 0.479 e. The van der Waals surface area contributed by atoms with E-state index in [0.29, 0.717) is 5.02 Å². The number of halogens is 1. The first-order valence-corrected chi connectivity index (χ1v) is 5.29. The van der Waals surface area contributed by atoms with Gasteiger partial charge in [-0.1, -0.05) is 37.6 Å². The molecule has 0 saturated carbocycles. The van der Waals surface area contributed by atoms with Crippen molar-refractivity contribution in [3.8, 4) is 0 Å². The molecule has 1 atom stereocenters. The molecule has 0 fully saturated rings. The second kappa shape index (κ2) is 4.85. The molecule has 0 aliphatic rings. The molecule has 3 nitrogen and oxygen atoms in total. The highest BCUT2D eigenvalue weighted by atomic mass is 35.5. The van der Waals surface area contributed by atoms with Crippen LogP contribution >= 0.6 is 11.6 Å². The lowest BCUT2D eigenvalue weighted by atomic mass is 9.79. The van der Waals surface area contributed by atoms with E-state index in [9.17, 15) is 4.79 Å². The van der Waals surface area contributed by atoms with Crippen molar-refractivity contribution >= 4 is 17.6 Å². The molecule has 1 N–H and O–H groups in total. The molecule has 0 aromatic heterocycles. The highest BCUT2D eigenvalue weighted by molar-refractivity contribution is 6.30. The molecule has 0 aliphatic heterocycles. The molecule has 1 unspecified atom stereocenters. The smallest absolute Gasteiger partial charge is 0.333 e. The van der Waals surface area contributed by atoms with Gasteiger partial charge in [-0.05, 0) is 17.7 Å². The number of methoxy groups -OCH3 is 1. The summed E-state index contributed by atoms with van der Waals surface area (Å²) in [5, 5.41) is 9.67. The number of carboxylic acids is 1. The normalized spacial score (nSPS) is 13.5. The third kappa shape index (κ3) is 2.54. The molecule has 0 spiro atoms. The van der Waals surface area contributed by atoms with Crippen LogP contribution in [0.1, 0.15) is 19.4 Å². The van der Waals surface area contributed by atoms with Gasteiger partial charge in [0.1, 0.15) is 0 Å². The summed E-state index contributed by atoms with van der Waals surface area (Å²) >= 11 is 5.89. The molecule has 16 heavy (non-hydrogen) atoms. The number of aliphatic carboxylic acids is 1. The van der Waals surface area contributed by atoms with Gasteiger partial charge in [0.2, 0.25) is 0 Å². The second-order valence-corrected chi connectivity index (χ2v) is 4.62. The Morgan fingerprint density at radius 3 is 2.56 bits per heavy atom. The van der Waals surface area contributed by atoms with E-state index in [4.69, 9.17) is 21.4 Å². The molecule has 0 radical (unpaired) electrons. The molecule has 88 valence electrons. The van der Waals surface area contributed by atoms with Gasteiger partial charge in [0.25, 0.3) is 0 Å². The van der Waals surface area contributed by atoms with E-state index >= 15 is 0 Å². The van der Waals surface area contributed by atoms with E-state index in [2.05, 4.69) is 0 Å². The van der Waals surface area contributed by atoms with E-state index in [1.165, 1.54) is 7.11 Å². The molecule has 1 aromatic carbocycles. The first kappa shape index (κ1) is 13.0. The zero-order chi connectivity index (χ0) is 12.3. The van der Waals surface area contributed by atoms with Crippen molar-refractivity contribution in [2.75, 3.05) is 7.11 Å². The van der Waals surface area contributed by atoms with Crippen molar-refractivity contribution in [3.63, 3.8) is 0 Å². The highest BCUT2D eigenvalue weighted by Crippen LogP contribution is 2.30. The zero-order valence-corrected chi connectivity index (χ0v) is 10.3. The lowest BCUT2D eigenvalue weighted by Crippen LogP contribution is -2.41. The van der Waals surface area contributed by atoms with E-state index in [0.717, 1.165) is 5.56 Å². The average Bonchev–Trinajstić information content (AvgIpc) is 2.17. The summed E-state index contributed by atoms with van der Waals surface area (Å²) in [6.45, 7) is 3.64. The Hall–Kier alpha value is -1.06. The quantitative estimate of drug-likeness (QED) is 0.883. The fraction of sp³-hybridized carbons (Fsp3) is 0.417. The maximum absolute atomic E-state index is 11.1. The predicted molar refractivity (Wildman–Crippen MR) is 62.9 cm³/mol. The van der Waals surface area contributed by atoms with Gasteiger partial charge in [0.15, 0.2) is 6.10 Å². The Bertz CT molecular complexity index is 388. The number of benzene rings is 1. The van der Waals surface area contributed by atoms with Crippen molar-refractivity contribution < 1.29 is 14.6 Å². The van der Waals surface area contributed by atoms with Gasteiger partial charge in [0, 0.05) is 17.5 Å². The Balaban J connectivity index is 3.13. The lowest BCUT2D eigenvalue weighted by molar-refractivity contribution is -0.152. The van der Waals surface area contributed by atoms with Crippen LogP contribution in [0.15, 0.2) is 24.3 Å². The molecule has 1 rings (SSSR count). The Labute approximate surface area is 100.0 Å². The Morgan fingerprint density at radius 2 is 2.12 bits per heavy atom. The zero-order valence-electron chi connectivity index (χ0n) is 9.53. The Morgan fingerprint density at radius 1 is 1.50 bits per heavy atom. The van der Waals surface area contributed by atoms with Gasteiger partial charge in [-0.3, -0.25) is 0 Å². The first-order valence-electron chi connectivity index (χ1n) is 4.91. The molecule has 0 amide bonds. The number of hydrogen-bond donors (Lipinski definition) is 1. The van der Waals surface area contributed by atoms with E-state index in [1.54, 1.807) is 18.2 Å². The second-order valence-electron chi connectivity index (χ2n) is 4.19. The number of ether oxygens (including phenoxy) is 1. The van der Waals surface area contributed by atoms with Gasteiger partial charge in [-0.25, -0.2) is 4.79 Å². The third-order valence-electron chi connectivity index (χ3n) is 2.68. The van der Waals surface area contributed by atoms with Crippen LogP contribution in [0.4, 0.5) is 0 Å². The van der Waals surface area contributed by atoms with Crippen LogP contribution in [-0.2, 0) is 14.9 Å². The first-order chi connectivity index (χ1) is 7.39. The fourth-order valence-corrected chi connectivity index (χ4v) is 1.94. The van der Waals surface area contributed by atoms with Crippen molar-refractivity contribution in [3.05, 3.63) is 34.9 Å². The van der Waals surface area contributed by atoms with E-state index in [-0.39, 0.29) is 0 Å². The monoisotopic (exact) mass is 242 g/mol. The minimum atomic E-state index is -0.979. The molecule has 0 aliphatic carbocycles. The summed E-state index contributed by atoms with van der Waals surface area (Å²) in [6, 6.07) is 7.16. The topological polar surface area (TPSA) is 46.5 Å². The average molecular weight is 243 g/mol. The molecule has 0 bridgehead atoms. The maximum atomic E-state index is 11.1. The minimum absolute atomic E-state index is 0.589. The molecule has 0 heterocycles. The van der Waals surface area contributed by atoms with Gasteiger partial charge in [0.05, 0.1) is 0 Å². The van der Waals surface area contributed by atoms with Crippen LogP contribution < -0.4 is 0 Å². The summed E-state index contributed by atoms with van der Waals surface area (Å²) < 4.78 is 5.03. The minimum Gasteiger partial charge on any atom is -0.479 e.